The molecule has 0 atom stereocenters. The molecule has 1 aromatic rings. The van der Waals surface area contributed by atoms with Crippen molar-refractivity contribution in [3.8, 4) is 11.8 Å². The highest BCUT2D eigenvalue weighted by molar-refractivity contribution is 5.92. The van der Waals surface area contributed by atoms with E-state index in [1.54, 1.807) is 0 Å². The lowest BCUT2D eigenvalue weighted by molar-refractivity contribution is -0.385. The van der Waals surface area contributed by atoms with Gasteiger partial charge in [-0.3, -0.25) is 10.1 Å². The van der Waals surface area contributed by atoms with Gasteiger partial charge in [0, 0.05) is 19.0 Å². The van der Waals surface area contributed by atoms with E-state index in [4.69, 9.17) is 10.8 Å². The normalized spacial score (nSPS) is 9.44. The molecule has 0 aliphatic carbocycles. The zero-order chi connectivity index (χ0) is 13.7. The van der Waals surface area contributed by atoms with Crippen LogP contribution in [0.4, 0.5) is 10.1 Å². The van der Waals surface area contributed by atoms with Crippen molar-refractivity contribution in [2.24, 2.45) is 5.73 Å². The molecule has 18 heavy (non-hydrogen) atoms. The third kappa shape index (κ3) is 3.02. The molecule has 0 spiro atoms. The fraction of sp³-hybridized carbons (Fsp3) is 0.182. The van der Waals surface area contributed by atoms with E-state index >= 15 is 0 Å². The van der Waals surface area contributed by atoms with Crippen LogP contribution in [-0.2, 0) is 0 Å². The second kappa shape index (κ2) is 5.75. The monoisotopic (exact) mass is 252 g/mol. The molecule has 1 aromatic carbocycles. The van der Waals surface area contributed by atoms with Crippen molar-refractivity contribution in [2.75, 3.05) is 6.54 Å². The quantitative estimate of drug-likeness (QED) is 0.476. The Labute approximate surface area is 101 Å². The lowest BCUT2D eigenvalue weighted by Crippen LogP contribution is -2.04. The van der Waals surface area contributed by atoms with Crippen LogP contribution >= 0.6 is 0 Å². The fourth-order valence-electron chi connectivity index (χ4n) is 1.21. The first kappa shape index (κ1) is 13.6. The van der Waals surface area contributed by atoms with E-state index in [0.717, 1.165) is 6.07 Å². The van der Waals surface area contributed by atoms with E-state index in [-0.39, 0.29) is 12.1 Å². The molecule has 0 aliphatic rings. The Kier molecular flexibility index (Phi) is 4.34. The molecule has 0 aromatic heterocycles. The summed E-state index contributed by atoms with van der Waals surface area (Å²) in [4.78, 5) is 20.5. The van der Waals surface area contributed by atoms with Crippen LogP contribution < -0.4 is 5.73 Å². The summed E-state index contributed by atoms with van der Waals surface area (Å²) in [6.45, 7) is 0.282. The number of carboxylic acids is 1. The maximum atomic E-state index is 13.5. The Morgan fingerprint density at radius 2 is 2.22 bits per heavy atom. The zero-order valence-electron chi connectivity index (χ0n) is 9.14. The highest BCUT2D eigenvalue weighted by Gasteiger charge is 2.22. The summed E-state index contributed by atoms with van der Waals surface area (Å²) in [7, 11) is 0. The molecule has 7 heteroatoms. The molecule has 0 unspecified atom stereocenters. The molecule has 0 aliphatic heterocycles. The Morgan fingerprint density at radius 1 is 1.56 bits per heavy atom. The molecule has 1 rings (SSSR count). The Morgan fingerprint density at radius 3 is 2.72 bits per heavy atom. The summed E-state index contributed by atoms with van der Waals surface area (Å²) in [6, 6.07) is 1.40. The molecule has 0 fully saturated rings. The van der Waals surface area contributed by atoms with Gasteiger partial charge in [0.15, 0.2) is 0 Å². The highest BCUT2D eigenvalue weighted by atomic mass is 19.1. The molecular formula is C11H9FN2O4. The van der Waals surface area contributed by atoms with E-state index in [2.05, 4.69) is 11.8 Å². The first-order valence-electron chi connectivity index (χ1n) is 4.87. The predicted octanol–water partition coefficient (Wildman–Crippen LogP) is 1.13. The van der Waals surface area contributed by atoms with Crippen molar-refractivity contribution in [1.82, 2.24) is 0 Å². The van der Waals surface area contributed by atoms with Crippen LogP contribution in [0.5, 0.6) is 0 Å². The molecule has 0 saturated carbocycles. The SMILES string of the molecule is NCCC#Cc1cc([N+](=O)[O-])c(C(=O)O)cc1F. The van der Waals surface area contributed by atoms with E-state index in [1.807, 2.05) is 0 Å². The summed E-state index contributed by atoms with van der Waals surface area (Å²) in [5.41, 5.74) is 3.57. The number of nitro benzene ring substituents is 1. The number of hydrogen-bond donors (Lipinski definition) is 2. The van der Waals surface area contributed by atoms with Crippen LogP contribution in [0.1, 0.15) is 22.3 Å². The summed E-state index contributed by atoms with van der Waals surface area (Å²) in [6.07, 6.45) is 0.313. The second-order valence-corrected chi connectivity index (χ2v) is 3.25. The van der Waals surface area contributed by atoms with Crippen molar-refractivity contribution >= 4 is 11.7 Å². The lowest BCUT2D eigenvalue weighted by atomic mass is 10.1. The minimum Gasteiger partial charge on any atom is -0.477 e. The molecule has 94 valence electrons. The van der Waals surface area contributed by atoms with E-state index in [9.17, 15) is 19.3 Å². The standard InChI is InChI=1S/C11H9FN2O4/c12-9-6-8(11(15)16)10(14(17)18)5-7(9)3-1-2-4-13/h5-6H,2,4,13H2,(H,15,16). The third-order valence-electron chi connectivity index (χ3n) is 2.00. The van der Waals surface area contributed by atoms with Crippen LogP contribution in [-0.4, -0.2) is 22.5 Å². The molecular weight excluding hydrogens is 243 g/mol. The molecule has 0 amide bonds. The Balaban J connectivity index is 3.33. The van der Waals surface area contributed by atoms with Crippen LogP contribution in [0.2, 0.25) is 0 Å². The zero-order valence-corrected chi connectivity index (χ0v) is 9.14. The number of carbonyl (C=O) groups is 1. The first-order valence-corrected chi connectivity index (χ1v) is 4.87. The Hall–Kier alpha value is -2.46. The van der Waals surface area contributed by atoms with Crippen LogP contribution in [0.25, 0.3) is 0 Å². The Bertz CT molecular complexity index is 560. The number of halogens is 1. The van der Waals surface area contributed by atoms with Crippen LogP contribution in [0, 0.1) is 27.8 Å². The van der Waals surface area contributed by atoms with Crippen molar-refractivity contribution in [2.45, 2.75) is 6.42 Å². The maximum absolute atomic E-state index is 13.5. The summed E-state index contributed by atoms with van der Waals surface area (Å²) >= 11 is 0. The second-order valence-electron chi connectivity index (χ2n) is 3.25. The van der Waals surface area contributed by atoms with Gasteiger partial charge in [-0.25, -0.2) is 9.18 Å². The summed E-state index contributed by atoms with van der Waals surface area (Å²) in [5, 5.41) is 19.4. The first-order chi connectivity index (χ1) is 8.47. The predicted molar refractivity (Wildman–Crippen MR) is 60.6 cm³/mol. The van der Waals surface area contributed by atoms with Gasteiger partial charge in [-0.2, -0.15) is 0 Å². The minimum atomic E-state index is -1.57. The van der Waals surface area contributed by atoms with Gasteiger partial charge in [-0.05, 0) is 6.07 Å². The fourth-order valence-corrected chi connectivity index (χ4v) is 1.21. The van der Waals surface area contributed by atoms with Gasteiger partial charge < -0.3 is 10.8 Å². The number of rotatable bonds is 3. The van der Waals surface area contributed by atoms with Gasteiger partial charge in [0.1, 0.15) is 11.4 Å². The number of nitrogens with zero attached hydrogens (tertiary/aromatic N) is 1. The lowest BCUT2D eigenvalue weighted by Gasteiger charge is -2.00. The van der Waals surface area contributed by atoms with Crippen LogP contribution in [0.15, 0.2) is 12.1 Å². The maximum Gasteiger partial charge on any atom is 0.342 e. The molecule has 0 bridgehead atoms. The summed E-state index contributed by atoms with van der Waals surface area (Å²) < 4.78 is 13.5. The summed E-state index contributed by atoms with van der Waals surface area (Å²) in [5.74, 6) is 2.41. The van der Waals surface area contributed by atoms with E-state index in [1.165, 1.54) is 0 Å². The number of hydrogen-bond acceptors (Lipinski definition) is 4. The third-order valence-corrected chi connectivity index (χ3v) is 2.00. The van der Waals surface area contributed by atoms with Gasteiger partial charge in [-0.1, -0.05) is 11.8 Å². The van der Waals surface area contributed by atoms with Crippen molar-refractivity contribution in [3.05, 3.63) is 39.2 Å². The topological polar surface area (TPSA) is 106 Å². The van der Waals surface area contributed by atoms with Gasteiger partial charge in [0.05, 0.1) is 10.5 Å². The van der Waals surface area contributed by atoms with Crippen molar-refractivity contribution in [1.29, 1.82) is 0 Å². The van der Waals surface area contributed by atoms with Gasteiger partial charge in [0.25, 0.3) is 5.69 Å². The number of nitro groups is 1. The number of nitrogens with two attached hydrogens (primary N) is 1. The molecule has 0 radical (unpaired) electrons. The average Bonchev–Trinajstić information content (AvgIpc) is 2.30. The number of benzene rings is 1. The smallest absolute Gasteiger partial charge is 0.342 e. The highest BCUT2D eigenvalue weighted by Crippen LogP contribution is 2.22. The van der Waals surface area contributed by atoms with Gasteiger partial charge in [0.2, 0.25) is 0 Å². The molecule has 0 saturated heterocycles. The molecule has 3 N–H and O–H groups in total. The largest absolute Gasteiger partial charge is 0.477 e. The van der Waals surface area contributed by atoms with Crippen molar-refractivity contribution in [3.63, 3.8) is 0 Å². The molecule has 6 nitrogen and oxygen atoms in total. The van der Waals surface area contributed by atoms with Gasteiger partial charge >= 0.3 is 5.97 Å². The molecule has 0 heterocycles. The average molecular weight is 252 g/mol. The van der Waals surface area contributed by atoms with E-state index in [0.29, 0.717) is 12.5 Å². The van der Waals surface area contributed by atoms with E-state index < -0.39 is 28.0 Å². The number of aromatic carboxylic acids is 1. The minimum absolute atomic E-state index is 0.222. The van der Waals surface area contributed by atoms with Crippen molar-refractivity contribution < 1.29 is 19.2 Å². The number of carboxylic acid groups (broad SMARTS) is 1. The van der Waals surface area contributed by atoms with Crippen LogP contribution in [0.3, 0.4) is 0 Å². The van der Waals surface area contributed by atoms with Gasteiger partial charge in [-0.15, -0.1) is 0 Å².